The van der Waals surface area contributed by atoms with Gasteiger partial charge in [0.05, 0.1) is 11.1 Å². The summed E-state index contributed by atoms with van der Waals surface area (Å²) in [5.41, 5.74) is 2.38. The van der Waals surface area contributed by atoms with Gasteiger partial charge in [-0.05, 0) is 97.7 Å². The molecule has 0 aliphatic heterocycles. The predicted octanol–water partition coefficient (Wildman–Crippen LogP) is 8.52. The molecule has 4 aliphatic rings. The molecule has 0 N–H and O–H groups in total. The van der Waals surface area contributed by atoms with Crippen LogP contribution in [-0.2, 0) is 19.2 Å². The monoisotopic (exact) mass is 541 g/mol. The van der Waals surface area contributed by atoms with Crippen LogP contribution in [0.4, 0.5) is 0 Å². The minimum Gasteiger partial charge on any atom is -0.465 e. The maximum Gasteiger partial charge on any atom is 0.331 e. The third-order valence-electron chi connectivity index (χ3n) is 12.5. The molecule has 0 amide bonds. The molecule has 4 aliphatic carbocycles. The van der Waals surface area contributed by atoms with Gasteiger partial charge in [-0.2, -0.15) is 0 Å². The predicted molar refractivity (Wildman–Crippen MR) is 157 cm³/mol. The van der Waals surface area contributed by atoms with Crippen LogP contribution in [0.15, 0.2) is 16.8 Å². The highest BCUT2D eigenvalue weighted by Crippen LogP contribution is 2.73. The van der Waals surface area contributed by atoms with Crippen molar-refractivity contribution >= 4 is 17.7 Å². The average Bonchev–Trinajstić information content (AvgIpc) is 3.13. The average molecular weight is 542 g/mol. The molecule has 0 radical (unpaired) electrons. The molecule has 8 atom stereocenters. The molecule has 0 unspecified atom stereocenters. The Labute approximate surface area is 237 Å². The highest BCUT2D eigenvalue weighted by Gasteiger charge is 2.66. The summed E-state index contributed by atoms with van der Waals surface area (Å²) in [6.07, 6.45) is 14.7. The van der Waals surface area contributed by atoms with Crippen molar-refractivity contribution in [3.05, 3.63) is 11.6 Å². The van der Waals surface area contributed by atoms with Crippen LogP contribution in [0.25, 0.3) is 0 Å². The third kappa shape index (κ3) is 5.14. The molecule has 4 rings (SSSR count). The lowest BCUT2D eigenvalue weighted by Gasteiger charge is -2.64. The lowest BCUT2D eigenvalue weighted by Crippen LogP contribution is -2.58. The van der Waals surface area contributed by atoms with Gasteiger partial charge in [0.2, 0.25) is 0 Å². The number of hydrogen-bond acceptors (Lipinski definition) is 5. The number of allylic oxidation sites excluding steroid dienone is 1. The normalized spacial score (nSPS) is 41.3. The number of esters is 1. The van der Waals surface area contributed by atoms with Gasteiger partial charge in [-0.3, -0.25) is 4.79 Å². The van der Waals surface area contributed by atoms with E-state index < -0.39 is 11.4 Å². The molecule has 0 spiro atoms. The summed E-state index contributed by atoms with van der Waals surface area (Å²) < 4.78 is 5.64. The Balaban J connectivity index is 1.65. The van der Waals surface area contributed by atoms with E-state index in [1.54, 1.807) is 0 Å². The first-order valence-corrected chi connectivity index (χ1v) is 15.8. The summed E-state index contributed by atoms with van der Waals surface area (Å²) in [7, 11) is 0. The molecular weight excluding hydrogens is 486 g/mol. The first-order chi connectivity index (χ1) is 18.2. The van der Waals surface area contributed by atoms with E-state index in [0.717, 1.165) is 42.7 Å². The summed E-state index contributed by atoms with van der Waals surface area (Å²) in [6, 6.07) is 0. The number of fused-ring (bicyclic) bond motifs is 5. The molecule has 0 heterocycles. The topological polar surface area (TPSA) is 65.0 Å². The number of carbonyl (C=O) groups is 2. The number of oxime groups is 1. The van der Waals surface area contributed by atoms with Gasteiger partial charge < -0.3 is 9.57 Å². The van der Waals surface area contributed by atoms with Crippen molar-refractivity contribution in [2.75, 3.05) is 6.61 Å². The molecule has 0 saturated heterocycles. The smallest absolute Gasteiger partial charge is 0.331 e. The van der Waals surface area contributed by atoms with Crippen LogP contribution in [0, 0.1) is 51.2 Å². The van der Waals surface area contributed by atoms with E-state index in [1.807, 2.05) is 0 Å². The van der Waals surface area contributed by atoms with E-state index in [9.17, 15) is 9.59 Å². The second-order valence-corrected chi connectivity index (χ2v) is 15.0. The Hall–Kier alpha value is -1.65. The fourth-order valence-corrected chi connectivity index (χ4v) is 10.1. The maximum absolute atomic E-state index is 11.9. The second-order valence-electron chi connectivity index (χ2n) is 15.0. The molecule has 0 bridgehead atoms. The van der Waals surface area contributed by atoms with Crippen molar-refractivity contribution in [3.63, 3.8) is 0 Å². The quantitative estimate of drug-likeness (QED) is 0.134. The van der Waals surface area contributed by atoms with Crippen LogP contribution in [0.3, 0.4) is 0 Å². The summed E-state index contributed by atoms with van der Waals surface area (Å²) in [4.78, 5) is 28.6. The molecule has 3 saturated carbocycles. The number of hydrogen-bond donors (Lipinski definition) is 0. The third-order valence-corrected chi connectivity index (χ3v) is 12.5. The molecule has 220 valence electrons. The highest BCUT2D eigenvalue weighted by molar-refractivity contribution is 5.94. The Kier molecular flexibility index (Phi) is 8.53. The van der Waals surface area contributed by atoms with E-state index in [0.29, 0.717) is 22.7 Å². The molecule has 3 fully saturated rings. The zero-order valence-electron chi connectivity index (χ0n) is 26.3. The van der Waals surface area contributed by atoms with Crippen LogP contribution in [0.5, 0.6) is 0 Å². The van der Waals surface area contributed by atoms with Gasteiger partial charge >= 0.3 is 11.9 Å². The Morgan fingerprint density at radius 1 is 0.949 bits per heavy atom. The van der Waals surface area contributed by atoms with Crippen molar-refractivity contribution < 1.29 is 19.2 Å². The molecule has 39 heavy (non-hydrogen) atoms. The van der Waals surface area contributed by atoms with Gasteiger partial charge in [0.25, 0.3) is 0 Å². The first-order valence-electron chi connectivity index (χ1n) is 15.8. The highest BCUT2D eigenvalue weighted by atomic mass is 16.7. The Morgan fingerprint density at radius 2 is 1.64 bits per heavy atom. The molecular formula is C34H55NO4. The minimum absolute atomic E-state index is 0.0262. The fraction of sp³-hybridized carbons (Fsp3) is 0.853. The summed E-state index contributed by atoms with van der Waals surface area (Å²) >= 11 is 0. The first kappa shape index (κ1) is 30.3. The van der Waals surface area contributed by atoms with Crippen molar-refractivity contribution in [2.24, 2.45) is 56.4 Å². The number of rotatable bonds is 8. The summed E-state index contributed by atoms with van der Waals surface area (Å²) in [6.45, 7) is 20.2. The Morgan fingerprint density at radius 3 is 2.28 bits per heavy atom. The largest absolute Gasteiger partial charge is 0.465 e. The zero-order chi connectivity index (χ0) is 28.8. The second kappa shape index (κ2) is 11.0. The van der Waals surface area contributed by atoms with Gasteiger partial charge in [-0.1, -0.05) is 77.6 Å². The van der Waals surface area contributed by atoms with E-state index in [-0.39, 0.29) is 18.0 Å². The van der Waals surface area contributed by atoms with E-state index in [2.05, 4.69) is 59.7 Å². The molecule has 0 aromatic carbocycles. The number of carbonyl (C=O) groups excluding carboxylic acids is 2. The lowest BCUT2D eigenvalue weighted by atomic mass is 9.40. The SMILES string of the molecule is CC(=O)OC[C@@]1(C)C2=CC[C@@H]3[C@H](CC[C@]4(C)[C@@H]([C@H](C)CCCC(C)C)CC[C@@]34C)[C@@]2(C)CC/C1=N/OC(C)=O. The van der Waals surface area contributed by atoms with Crippen molar-refractivity contribution in [3.8, 4) is 0 Å². The number of ether oxygens (including phenoxy) is 1. The standard InChI is InChI=1S/C34H55NO4/c1-22(2)11-10-12-23(3)26-15-19-34(9)28-13-14-29-31(6,27(28)16-20-33(26,34)8)18-17-30(35-39-25(5)37)32(29,7)21-38-24(4)36/h14,22-23,26-28H,10-13,15-21H2,1-9H3/b35-30-/t23-,26-,27+,28-,31-,32+,33-,34+/m1/s1. The van der Waals surface area contributed by atoms with Crippen LogP contribution < -0.4 is 0 Å². The Bertz CT molecular complexity index is 1010. The molecule has 0 aromatic rings. The van der Waals surface area contributed by atoms with Crippen LogP contribution in [-0.4, -0.2) is 24.3 Å². The van der Waals surface area contributed by atoms with Gasteiger partial charge in [0, 0.05) is 13.8 Å². The number of nitrogens with zero attached hydrogens (tertiary/aromatic N) is 1. The molecule has 0 aromatic heterocycles. The fourth-order valence-electron chi connectivity index (χ4n) is 10.1. The van der Waals surface area contributed by atoms with Crippen LogP contribution >= 0.6 is 0 Å². The molecule has 5 heteroatoms. The van der Waals surface area contributed by atoms with E-state index in [4.69, 9.17) is 9.57 Å². The van der Waals surface area contributed by atoms with Crippen LogP contribution in [0.1, 0.15) is 127 Å². The zero-order valence-corrected chi connectivity index (χ0v) is 26.3. The molecule has 5 nitrogen and oxygen atoms in total. The lowest BCUT2D eigenvalue weighted by molar-refractivity contribution is -0.144. The van der Waals surface area contributed by atoms with Crippen molar-refractivity contribution in [1.82, 2.24) is 0 Å². The summed E-state index contributed by atoms with van der Waals surface area (Å²) in [5, 5.41) is 4.32. The van der Waals surface area contributed by atoms with Gasteiger partial charge in [0.15, 0.2) is 0 Å². The maximum atomic E-state index is 11.9. The van der Waals surface area contributed by atoms with Crippen LogP contribution in [0.2, 0.25) is 0 Å². The van der Waals surface area contributed by atoms with E-state index in [1.165, 1.54) is 64.4 Å². The van der Waals surface area contributed by atoms with Crippen molar-refractivity contribution in [2.45, 2.75) is 127 Å². The van der Waals surface area contributed by atoms with Gasteiger partial charge in [-0.15, -0.1) is 0 Å². The van der Waals surface area contributed by atoms with Gasteiger partial charge in [-0.25, -0.2) is 4.79 Å². The van der Waals surface area contributed by atoms with E-state index >= 15 is 0 Å². The van der Waals surface area contributed by atoms with Crippen molar-refractivity contribution in [1.29, 1.82) is 0 Å². The summed E-state index contributed by atoms with van der Waals surface area (Å²) in [5.74, 6) is 2.97. The van der Waals surface area contributed by atoms with Gasteiger partial charge in [0.1, 0.15) is 6.61 Å². The minimum atomic E-state index is -0.552.